The van der Waals surface area contributed by atoms with Crippen molar-refractivity contribution in [3.05, 3.63) is 40.2 Å². The molecule has 12 nitrogen and oxygen atoms in total. The zero-order chi connectivity index (χ0) is 27.7. The van der Waals surface area contributed by atoms with Crippen molar-refractivity contribution < 1.29 is 34.8 Å². The van der Waals surface area contributed by atoms with Gasteiger partial charge in [-0.2, -0.15) is 0 Å². The first-order valence-corrected chi connectivity index (χ1v) is 12.5. The Morgan fingerprint density at radius 2 is 1.79 bits per heavy atom. The van der Waals surface area contributed by atoms with E-state index in [2.05, 4.69) is 4.99 Å². The van der Waals surface area contributed by atoms with Gasteiger partial charge in [0.15, 0.2) is 17.3 Å². The molecule has 0 spiro atoms. The summed E-state index contributed by atoms with van der Waals surface area (Å²) in [4.78, 5) is 47.1. The maximum Gasteiger partial charge on any atom is 0.255 e. The van der Waals surface area contributed by atoms with E-state index in [0.717, 1.165) is 25.9 Å². The minimum atomic E-state index is -2.67. The van der Waals surface area contributed by atoms with Gasteiger partial charge in [0.1, 0.15) is 22.8 Å². The fourth-order valence-corrected chi connectivity index (χ4v) is 6.47. The van der Waals surface area contributed by atoms with Gasteiger partial charge in [0, 0.05) is 24.6 Å². The van der Waals surface area contributed by atoms with Crippen LogP contribution in [-0.4, -0.2) is 92.5 Å². The van der Waals surface area contributed by atoms with Gasteiger partial charge in [-0.05, 0) is 63.4 Å². The first-order chi connectivity index (χ1) is 17.9. The van der Waals surface area contributed by atoms with Crippen molar-refractivity contribution in [2.45, 2.75) is 37.3 Å². The molecule has 0 radical (unpaired) electrons. The molecule has 1 heterocycles. The van der Waals surface area contributed by atoms with E-state index in [-0.39, 0.29) is 29.7 Å². The first-order valence-electron chi connectivity index (χ1n) is 12.5. The Balaban J connectivity index is 1.68. The highest BCUT2D eigenvalue weighted by Crippen LogP contribution is 2.53. The number of guanidine groups is 1. The summed E-state index contributed by atoms with van der Waals surface area (Å²) in [6, 6.07) is 1.78. The van der Waals surface area contributed by atoms with Gasteiger partial charge in [0.05, 0.1) is 17.3 Å². The second kappa shape index (κ2) is 8.84. The molecule has 1 saturated carbocycles. The van der Waals surface area contributed by atoms with Crippen molar-refractivity contribution in [2.24, 2.45) is 28.3 Å². The third-order valence-electron chi connectivity index (χ3n) is 8.24. The van der Waals surface area contributed by atoms with Gasteiger partial charge < -0.3 is 36.8 Å². The van der Waals surface area contributed by atoms with Crippen LogP contribution >= 0.6 is 0 Å². The Kier molecular flexibility index (Phi) is 5.99. The van der Waals surface area contributed by atoms with E-state index in [1.165, 1.54) is 11.0 Å². The van der Waals surface area contributed by atoms with Gasteiger partial charge in [-0.1, -0.05) is 0 Å². The van der Waals surface area contributed by atoms with Crippen LogP contribution in [0.25, 0.3) is 5.76 Å². The number of nitrogens with zero attached hydrogens (tertiary/aromatic N) is 3. The third kappa shape index (κ3) is 3.51. The maximum atomic E-state index is 13.9. The molecule has 38 heavy (non-hydrogen) atoms. The number of carbonyl (C=O) groups excluding carboxylic acids is 3. The second-order valence-electron chi connectivity index (χ2n) is 10.6. The number of phenols is 1. The molecule has 5 rings (SSSR count). The number of aliphatic hydroxyl groups is 3. The zero-order valence-electron chi connectivity index (χ0n) is 21.1. The number of nitrogens with two attached hydrogens (primary N) is 2. The number of Topliss-reactive ketones (excluding diaryl/α,β-unsaturated/α-hetero) is 2. The fraction of sp³-hybridized carbons (Fsp3) is 0.462. The van der Waals surface area contributed by atoms with Crippen molar-refractivity contribution in [3.63, 3.8) is 0 Å². The molecule has 4 aliphatic rings. The fourth-order valence-electron chi connectivity index (χ4n) is 6.47. The minimum Gasteiger partial charge on any atom is -0.508 e. The van der Waals surface area contributed by atoms with Crippen molar-refractivity contribution in [1.29, 1.82) is 0 Å². The van der Waals surface area contributed by atoms with Crippen LogP contribution in [0.4, 0.5) is 5.69 Å². The molecule has 1 aromatic rings. The summed E-state index contributed by atoms with van der Waals surface area (Å²) in [5, 5.41) is 44.5. The van der Waals surface area contributed by atoms with Gasteiger partial charge in [0.25, 0.3) is 5.91 Å². The summed E-state index contributed by atoms with van der Waals surface area (Å²) < 4.78 is 0. The van der Waals surface area contributed by atoms with Crippen molar-refractivity contribution in [3.8, 4) is 5.75 Å². The Hall–Kier alpha value is -3.90. The van der Waals surface area contributed by atoms with Gasteiger partial charge in [-0.3, -0.25) is 19.3 Å². The minimum absolute atomic E-state index is 0.00613. The number of hydrogen-bond donors (Lipinski definition) is 6. The lowest BCUT2D eigenvalue weighted by Gasteiger charge is -2.50. The number of carbonyl (C=O) groups is 3. The highest BCUT2D eigenvalue weighted by Gasteiger charge is 2.64. The number of likely N-dealkylation sites (tertiary alicyclic amines) is 1. The quantitative estimate of drug-likeness (QED) is 0.177. The van der Waals surface area contributed by atoms with Crippen LogP contribution in [0.3, 0.4) is 0 Å². The van der Waals surface area contributed by atoms with Crippen molar-refractivity contribution in [1.82, 2.24) is 9.80 Å². The van der Waals surface area contributed by atoms with Crippen LogP contribution in [0.1, 0.15) is 30.4 Å². The number of aliphatic hydroxyl groups excluding tert-OH is 2. The number of benzene rings is 1. The molecule has 1 aliphatic heterocycles. The predicted molar refractivity (Wildman–Crippen MR) is 136 cm³/mol. The monoisotopic (exact) mass is 525 g/mol. The van der Waals surface area contributed by atoms with E-state index < -0.39 is 58.0 Å². The summed E-state index contributed by atoms with van der Waals surface area (Å²) >= 11 is 0. The average Bonchev–Trinajstić information content (AvgIpc) is 3.38. The smallest absolute Gasteiger partial charge is 0.255 e. The van der Waals surface area contributed by atoms with Crippen molar-refractivity contribution in [2.75, 3.05) is 27.2 Å². The number of primary amides is 1. The topological polar surface area (TPSA) is 203 Å². The number of phenolic OH excluding ortho intramolecular Hbond substituents is 1. The molecule has 2 fully saturated rings. The lowest BCUT2D eigenvalue weighted by molar-refractivity contribution is -0.153. The highest BCUT2D eigenvalue weighted by atomic mass is 16.3. The Morgan fingerprint density at radius 1 is 1.13 bits per heavy atom. The van der Waals surface area contributed by atoms with Crippen LogP contribution in [0.15, 0.2) is 34.0 Å². The van der Waals surface area contributed by atoms with Gasteiger partial charge >= 0.3 is 0 Å². The summed E-state index contributed by atoms with van der Waals surface area (Å²) in [7, 11) is 3.11. The summed E-state index contributed by atoms with van der Waals surface area (Å²) in [5.41, 5.74) is 8.73. The Morgan fingerprint density at radius 3 is 2.39 bits per heavy atom. The van der Waals surface area contributed by atoms with E-state index in [1.54, 1.807) is 20.2 Å². The molecular weight excluding hydrogens is 494 g/mol. The van der Waals surface area contributed by atoms with Crippen LogP contribution in [0.5, 0.6) is 5.75 Å². The maximum absolute atomic E-state index is 13.9. The van der Waals surface area contributed by atoms with Crippen LogP contribution < -0.4 is 11.5 Å². The number of ketones is 2. The van der Waals surface area contributed by atoms with E-state index in [1.807, 2.05) is 4.90 Å². The lowest BCUT2D eigenvalue weighted by atomic mass is 9.57. The van der Waals surface area contributed by atoms with E-state index >= 15 is 0 Å². The largest absolute Gasteiger partial charge is 0.508 e. The molecule has 4 atom stereocenters. The predicted octanol–water partition coefficient (Wildman–Crippen LogP) is 0.00600. The van der Waals surface area contributed by atoms with Gasteiger partial charge in [-0.25, -0.2) is 4.99 Å². The summed E-state index contributed by atoms with van der Waals surface area (Å²) in [6.07, 6.45) is 2.15. The average molecular weight is 526 g/mol. The van der Waals surface area contributed by atoms with Crippen molar-refractivity contribution >= 4 is 34.9 Å². The molecule has 0 unspecified atom stereocenters. The number of rotatable bonds is 3. The van der Waals surface area contributed by atoms with Crippen LogP contribution in [0, 0.1) is 11.8 Å². The molecule has 8 N–H and O–H groups in total. The molecule has 1 saturated heterocycles. The summed E-state index contributed by atoms with van der Waals surface area (Å²) in [5.74, 6) is -6.61. The molecule has 3 aliphatic carbocycles. The molecule has 1 amide bonds. The molecule has 1 aromatic carbocycles. The highest BCUT2D eigenvalue weighted by molar-refractivity contribution is 6.24. The van der Waals surface area contributed by atoms with Gasteiger partial charge in [0.2, 0.25) is 5.78 Å². The molecular formula is C26H31N5O7. The number of fused-ring (bicyclic) bond motifs is 3. The molecule has 0 bridgehead atoms. The van der Waals surface area contributed by atoms with E-state index in [9.17, 15) is 34.8 Å². The SMILES string of the molecule is CN(C)[C@@H]1C(=O)C(C(N)=O)=C(O)[C@@]2(O)C(=O)C3=C(O)c4c(O)ccc(N=C(N)N5CCCC5)c4C[C@H]3C[C@@H]12. The zero-order valence-corrected chi connectivity index (χ0v) is 21.1. The van der Waals surface area contributed by atoms with E-state index in [0.29, 0.717) is 17.2 Å². The number of aromatic hydroxyl groups is 1. The van der Waals surface area contributed by atoms with E-state index in [4.69, 9.17) is 11.5 Å². The molecule has 12 heteroatoms. The molecule has 0 aromatic heterocycles. The van der Waals surface area contributed by atoms with Crippen LogP contribution in [0.2, 0.25) is 0 Å². The number of likely N-dealkylation sites (N-methyl/N-ethyl adjacent to an activating group) is 1. The Bertz CT molecular complexity index is 1360. The Labute approximate surface area is 218 Å². The normalized spacial score (nSPS) is 29.5. The first kappa shape index (κ1) is 25.7. The standard InChI is InChI=1S/C26H31N5O7/c1-30(2)19-13-10-11-9-12-14(29-25(28)31-7-3-4-8-31)5-6-15(32)17(12)20(33)16(11)22(35)26(13,38)23(36)18(21(19)34)24(27)37/h5-6,11,13,19,32-33,36,38H,3-4,7-10H2,1-2H3,(H2,27,37)(H2,28,29)/t11-,13-,19-,26-/m0/s1. The second-order valence-corrected chi connectivity index (χ2v) is 10.6. The lowest BCUT2D eigenvalue weighted by Crippen LogP contribution is -2.65. The molecule has 202 valence electrons. The van der Waals surface area contributed by atoms with Gasteiger partial charge in [-0.15, -0.1) is 0 Å². The van der Waals surface area contributed by atoms with Crippen LogP contribution in [-0.2, 0) is 20.8 Å². The third-order valence-corrected chi connectivity index (χ3v) is 8.24. The number of aliphatic imine (C=N–C) groups is 1. The number of amides is 1. The number of hydrogen-bond acceptors (Lipinski definition) is 9. The summed E-state index contributed by atoms with van der Waals surface area (Å²) in [6.45, 7) is 1.54.